The lowest BCUT2D eigenvalue weighted by Gasteiger charge is -2.03. The monoisotopic (exact) mass is 306 g/mol. The molecule has 0 amide bonds. The Labute approximate surface area is 123 Å². The molecule has 3 N–H and O–H groups in total. The number of aromatic hydroxyl groups is 1. The quantitative estimate of drug-likeness (QED) is 0.436. The summed E-state index contributed by atoms with van der Waals surface area (Å²) >= 11 is 0. The maximum atomic E-state index is 13.2. The van der Waals surface area contributed by atoms with Gasteiger partial charge in [0.1, 0.15) is 5.75 Å². The predicted octanol–water partition coefficient (Wildman–Crippen LogP) is 1.72. The Morgan fingerprint density at radius 3 is 2.95 bits per heavy atom. The predicted molar refractivity (Wildman–Crippen MR) is 77.5 cm³/mol. The molecule has 0 bridgehead atoms. The van der Waals surface area contributed by atoms with Crippen molar-refractivity contribution in [3.05, 3.63) is 45.9 Å². The van der Waals surface area contributed by atoms with E-state index >= 15 is 0 Å². The minimum absolute atomic E-state index is 0.00843. The number of phenols is 1. The van der Waals surface area contributed by atoms with Gasteiger partial charge < -0.3 is 10.4 Å². The highest BCUT2D eigenvalue weighted by Crippen LogP contribution is 2.21. The summed E-state index contributed by atoms with van der Waals surface area (Å²) < 4.78 is 13.2. The van der Waals surface area contributed by atoms with E-state index in [9.17, 15) is 19.6 Å². The Morgan fingerprint density at radius 1 is 1.50 bits per heavy atom. The van der Waals surface area contributed by atoms with Gasteiger partial charge in [-0.3, -0.25) is 10.1 Å². The smallest absolute Gasteiger partial charge is 0.270 e. The maximum Gasteiger partial charge on any atom is 0.270 e. The van der Waals surface area contributed by atoms with E-state index < -0.39 is 10.7 Å². The van der Waals surface area contributed by atoms with E-state index in [0.29, 0.717) is 0 Å². The average molecular weight is 306 g/mol. The van der Waals surface area contributed by atoms with Crippen LogP contribution in [0, 0.1) is 15.9 Å². The third kappa shape index (κ3) is 3.42. The van der Waals surface area contributed by atoms with Gasteiger partial charge in [-0.2, -0.15) is 10.1 Å². The minimum Gasteiger partial charge on any atom is -0.507 e. The number of anilines is 2. The number of hydrogen-bond acceptors (Lipinski definition) is 8. The van der Waals surface area contributed by atoms with Crippen molar-refractivity contribution in [3.8, 4) is 5.75 Å². The van der Waals surface area contributed by atoms with Crippen LogP contribution < -0.4 is 10.7 Å². The van der Waals surface area contributed by atoms with Crippen LogP contribution in [0.2, 0.25) is 0 Å². The van der Waals surface area contributed by atoms with Crippen LogP contribution in [0.15, 0.2) is 29.5 Å². The zero-order chi connectivity index (χ0) is 16.1. The summed E-state index contributed by atoms with van der Waals surface area (Å²) in [5.41, 5.74) is 2.38. The van der Waals surface area contributed by atoms with Crippen LogP contribution >= 0.6 is 0 Å². The van der Waals surface area contributed by atoms with Gasteiger partial charge in [-0.05, 0) is 6.07 Å². The fourth-order valence-corrected chi connectivity index (χ4v) is 1.51. The number of hydrogen-bond donors (Lipinski definition) is 3. The molecule has 0 saturated heterocycles. The molecule has 0 radical (unpaired) electrons. The second kappa shape index (κ2) is 6.43. The number of benzene rings is 1. The lowest BCUT2D eigenvalue weighted by Crippen LogP contribution is -2.02. The highest BCUT2D eigenvalue weighted by atomic mass is 19.1. The van der Waals surface area contributed by atoms with E-state index in [1.807, 2.05) is 0 Å². The summed E-state index contributed by atoms with van der Waals surface area (Å²) in [4.78, 5) is 17.5. The molecule has 0 fully saturated rings. The number of phenolic OH excluding ortho intramolecular Hbond substituents is 1. The first-order valence-corrected chi connectivity index (χ1v) is 5.98. The number of hydrazone groups is 1. The summed E-state index contributed by atoms with van der Waals surface area (Å²) in [6.07, 6.45) is 2.12. The SMILES string of the molecule is CNc1nc(N/N=C/c2cc([N+](=O)[O-])ccc2O)ncc1F. The summed E-state index contributed by atoms with van der Waals surface area (Å²) in [5.74, 6) is -0.779. The average Bonchev–Trinajstić information content (AvgIpc) is 2.50. The first-order valence-electron chi connectivity index (χ1n) is 5.98. The molecule has 0 aliphatic carbocycles. The van der Waals surface area contributed by atoms with Gasteiger partial charge in [-0.25, -0.2) is 14.8 Å². The number of aromatic nitrogens is 2. The van der Waals surface area contributed by atoms with Gasteiger partial charge in [0.2, 0.25) is 5.95 Å². The maximum absolute atomic E-state index is 13.2. The van der Waals surface area contributed by atoms with E-state index in [4.69, 9.17) is 0 Å². The number of nitro benzene ring substituents is 1. The molecule has 22 heavy (non-hydrogen) atoms. The van der Waals surface area contributed by atoms with Crippen LogP contribution in [0.4, 0.5) is 21.8 Å². The summed E-state index contributed by atoms with van der Waals surface area (Å²) in [6, 6.07) is 3.51. The molecule has 1 aromatic heterocycles. The second-order valence-electron chi connectivity index (χ2n) is 4.01. The van der Waals surface area contributed by atoms with E-state index in [0.717, 1.165) is 18.5 Å². The van der Waals surface area contributed by atoms with Crippen molar-refractivity contribution >= 4 is 23.7 Å². The van der Waals surface area contributed by atoms with Gasteiger partial charge in [0.15, 0.2) is 11.6 Å². The number of nitro groups is 1. The Balaban J connectivity index is 2.16. The molecule has 0 spiro atoms. The highest BCUT2D eigenvalue weighted by molar-refractivity contribution is 5.84. The topological polar surface area (TPSA) is 126 Å². The largest absolute Gasteiger partial charge is 0.507 e. The number of rotatable bonds is 5. The Bertz CT molecular complexity index is 737. The van der Waals surface area contributed by atoms with E-state index in [1.54, 1.807) is 0 Å². The van der Waals surface area contributed by atoms with Gasteiger partial charge in [0.25, 0.3) is 5.69 Å². The van der Waals surface area contributed by atoms with Crippen molar-refractivity contribution in [3.63, 3.8) is 0 Å². The molecular weight excluding hydrogens is 295 g/mol. The molecule has 9 nitrogen and oxygen atoms in total. The normalized spacial score (nSPS) is 10.6. The van der Waals surface area contributed by atoms with Gasteiger partial charge in [0, 0.05) is 24.7 Å². The van der Waals surface area contributed by atoms with Gasteiger partial charge in [-0.15, -0.1) is 0 Å². The molecule has 10 heteroatoms. The molecule has 1 aromatic carbocycles. The first-order chi connectivity index (χ1) is 10.5. The molecule has 0 saturated carbocycles. The summed E-state index contributed by atoms with van der Waals surface area (Å²) in [5, 5.41) is 26.5. The Kier molecular flexibility index (Phi) is 4.41. The first kappa shape index (κ1) is 15.1. The third-order valence-corrected chi connectivity index (χ3v) is 2.57. The van der Waals surface area contributed by atoms with E-state index in [-0.39, 0.29) is 28.8 Å². The Hall–Kier alpha value is -3.30. The standard InChI is InChI=1S/C12H11FN6O3/c1-14-11-9(13)6-15-12(17-11)18-16-5-7-4-8(19(21)22)2-3-10(7)20/h2-6,20H,1H3,(H2,14,15,17,18)/b16-5+. The molecule has 0 unspecified atom stereocenters. The van der Waals surface area contributed by atoms with Gasteiger partial charge >= 0.3 is 0 Å². The summed E-state index contributed by atoms with van der Waals surface area (Å²) in [6.45, 7) is 0. The Morgan fingerprint density at radius 2 is 2.27 bits per heavy atom. The highest BCUT2D eigenvalue weighted by Gasteiger charge is 2.09. The molecule has 114 valence electrons. The molecule has 2 rings (SSSR count). The van der Waals surface area contributed by atoms with Crippen LogP contribution in [-0.2, 0) is 0 Å². The van der Waals surface area contributed by atoms with E-state index in [2.05, 4.69) is 25.8 Å². The molecule has 0 aliphatic heterocycles. The fraction of sp³-hybridized carbons (Fsp3) is 0.0833. The van der Waals surface area contributed by atoms with Crippen molar-refractivity contribution in [2.45, 2.75) is 0 Å². The molecular formula is C12H11FN6O3. The number of nitrogens with zero attached hydrogens (tertiary/aromatic N) is 4. The van der Waals surface area contributed by atoms with Crippen LogP contribution in [0.3, 0.4) is 0 Å². The lowest BCUT2D eigenvalue weighted by atomic mass is 10.2. The molecule has 0 atom stereocenters. The fourth-order valence-electron chi connectivity index (χ4n) is 1.51. The number of halogens is 1. The van der Waals surface area contributed by atoms with Crippen molar-refractivity contribution in [2.24, 2.45) is 5.10 Å². The van der Waals surface area contributed by atoms with Crippen LogP contribution in [0.1, 0.15) is 5.56 Å². The van der Waals surface area contributed by atoms with Gasteiger partial charge in [0.05, 0.1) is 17.3 Å². The zero-order valence-electron chi connectivity index (χ0n) is 11.3. The number of non-ortho nitro benzene ring substituents is 1. The molecule has 1 heterocycles. The third-order valence-electron chi connectivity index (χ3n) is 2.57. The van der Waals surface area contributed by atoms with Gasteiger partial charge in [-0.1, -0.05) is 0 Å². The second-order valence-corrected chi connectivity index (χ2v) is 4.01. The molecule has 0 aliphatic rings. The molecule has 2 aromatic rings. The van der Waals surface area contributed by atoms with Crippen LogP contribution in [-0.4, -0.2) is 33.3 Å². The van der Waals surface area contributed by atoms with Crippen molar-refractivity contribution in [1.29, 1.82) is 0 Å². The minimum atomic E-state index is -0.617. The van der Waals surface area contributed by atoms with Crippen molar-refractivity contribution < 1.29 is 14.4 Å². The van der Waals surface area contributed by atoms with Crippen molar-refractivity contribution in [1.82, 2.24) is 9.97 Å². The zero-order valence-corrected chi connectivity index (χ0v) is 11.3. The van der Waals surface area contributed by atoms with E-state index in [1.165, 1.54) is 19.2 Å². The summed E-state index contributed by atoms with van der Waals surface area (Å²) in [7, 11) is 1.50. The lowest BCUT2D eigenvalue weighted by molar-refractivity contribution is -0.384. The number of nitrogens with one attached hydrogen (secondary N) is 2. The van der Waals surface area contributed by atoms with Crippen LogP contribution in [0.5, 0.6) is 5.75 Å². The van der Waals surface area contributed by atoms with Crippen molar-refractivity contribution in [2.75, 3.05) is 17.8 Å². The van der Waals surface area contributed by atoms with Crippen LogP contribution in [0.25, 0.3) is 0 Å².